The molecule has 0 aromatic heterocycles. The highest BCUT2D eigenvalue weighted by atomic mass is 32.2. The molecule has 80 valence electrons. The molecule has 1 aliphatic heterocycles. The van der Waals surface area contributed by atoms with Gasteiger partial charge in [-0.3, -0.25) is 4.90 Å². The van der Waals surface area contributed by atoms with Gasteiger partial charge in [-0.1, -0.05) is 20.8 Å². The van der Waals surface area contributed by atoms with Gasteiger partial charge >= 0.3 is 0 Å². The van der Waals surface area contributed by atoms with E-state index in [0.717, 1.165) is 6.54 Å². The van der Waals surface area contributed by atoms with Gasteiger partial charge < -0.3 is 0 Å². The van der Waals surface area contributed by atoms with Crippen molar-refractivity contribution < 1.29 is 0 Å². The summed E-state index contributed by atoms with van der Waals surface area (Å²) >= 11 is 1.98. The predicted octanol–water partition coefficient (Wildman–Crippen LogP) is 2.36. The molecule has 1 fully saturated rings. The molecule has 0 radical (unpaired) electrons. The molecule has 0 aliphatic carbocycles. The first-order valence-corrected chi connectivity index (χ1v) is 6.37. The van der Waals surface area contributed by atoms with E-state index in [1.54, 1.807) is 0 Å². The van der Waals surface area contributed by atoms with E-state index in [-0.39, 0.29) is 0 Å². The van der Waals surface area contributed by atoms with Gasteiger partial charge in [0, 0.05) is 24.1 Å². The summed E-state index contributed by atoms with van der Waals surface area (Å²) < 4.78 is 0. The average molecular weight is 212 g/mol. The van der Waals surface area contributed by atoms with Gasteiger partial charge in [0.2, 0.25) is 0 Å². The summed E-state index contributed by atoms with van der Waals surface area (Å²) in [5, 5.41) is 8.74. The number of nitrogens with zero attached hydrogens (tertiary/aromatic N) is 2. The lowest BCUT2D eigenvalue weighted by Gasteiger charge is -2.36. The fourth-order valence-electron chi connectivity index (χ4n) is 1.39. The van der Waals surface area contributed by atoms with Gasteiger partial charge in [-0.25, -0.2) is 0 Å². The van der Waals surface area contributed by atoms with Gasteiger partial charge in [0.1, 0.15) is 0 Å². The molecule has 0 bridgehead atoms. The summed E-state index contributed by atoms with van der Waals surface area (Å²) in [5.74, 6) is 2.43. The van der Waals surface area contributed by atoms with Crippen molar-refractivity contribution >= 4 is 11.8 Å². The molecule has 2 nitrogen and oxygen atoms in total. The standard InChI is InChI=1S/C11H20N2S/c1-11(2,3)4-6-13(7-5-12)10-8-14-9-10/h10H,4,6-9H2,1-3H3. The van der Waals surface area contributed by atoms with E-state index in [2.05, 4.69) is 31.7 Å². The van der Waals surface area contributed by atoms with Crippen LogP contribution in [0.5, 0.6) is 0 Å². The van der Waals surface area contributed by atoms with Crippen LogP contribution in [0.15, 0.2) is 0 Å². The van der Waals surface area contributed by atoms with Crippen molar-refractivity contribution in [1.29, 1.82) is 5.26 Å². The Labute approximate surface area is 91.7 Å². The van der Waals surface area contributed by atoms with E-state index in [0.29, 0.717) is 18.0 Å². The maximum atomic E-state index is 8.74. The van der Waals surface area contributed by atoms with Crippen LogP contribution < -0.4 is 0 Å². The summed E-state index contributed by atoms with van der Waals surface area (Å²) in [6, 6.07) is 2.94. The zero-order chi connectivity index (χ0) is 10.6. The van der Waals surface area contributed by atoms with Crippen LogP contribution in [-0.2, 0) is 0 Å². The van der Waals surface area contributed by atoms with Crippen molar-refractivity contribution in [2.75, 3.05) is 24.6 Å². The van der Waals surface area contributed by atoms with Crippen molar-refractivity contribution in [1.82, 2.24) is 4.90 Å². The fourth-order valence-corrected chi connectivity index (χ4v) is 2.26. The Kier molecular flexibility index (Phi) is 4.28. The van der Waals surface area contributed by atoms with Gasteiger partial charge in [-0.15, -0.1) is 0 Å². The zero-order valence-corrected chi connectivity index (χ0v) is 10.2. The number of thioether (sulfide) groups is 1. The molecule has 0 amide bonds. The normalized spacial score (nSPS) is 17.9. The number of rotatable bonds is 4. The molecule has 1 rings (SSSR count). The number of hydrogen-bond donors (Lipinski definition) is 0. The van der Waals surface area contributed by atoms with Gasteiger partial charge in [0.05, 0.1) is 12.6 Å². The Morgan fingerprint density at radius 3 is 2.43 bits per heavy atom. The minimum absolute atomic E-state index is 0.380. The summed E-state index contributed by atoms with van der Waals surface area (Å²) in [5.41, 5.74) is 0.380. The third-order valence-electron chi connectivity index (χ3n) is 2.56. The Morgan fingerprint density at radius 1 is 1.43 bits per heavy atom. The van der Waals surface area contributed by atoms with Crippen LogP contribution in [-0.4, -0.2) is 35.5 Å². The fraction of sp³-hybridized carbons (Fsp3) is 0.909. The third-order valence-corrected chi connectivity index (χ3v) is 3.80. The van der Waals surface area contributed by atoms with Gasteiger partial charge in [-0.05, 0) is 11.8 Å². The Bertz CT molecular complexity index is 210. The molecule has 1 aliphatic rings. The first-order valence-electron chi connectivity index (χ1n) is 5.22. The molecule has 0 saturated carbocycles. The summed E-state index contributed by atoms with van der Waals surface area (Å²) in [6.07, 6.45) is 1.18. The van der Waals surface area contributed by atoms with E-state index in [4.69, 9.17) is 5.26 Å². The Morgan fingerprint density at radius 2 is 2.07 bits per heavy atom. The smallest absolute Gasteiger partial charge is 0.0868 e. The summed E-state index contributed by atoms with van der Waals surface area (Å²) in [7, 11) is 0. The average Bonchev–Trinajstić information content (AvgIpc) is 1.95. The predicted molar refractivity (Wildman–Crippen MR) is 62.4 cm³/mol. The second-order valence-corrected chi connectivity index (χ2v) is 6.21. The van der Waals surface area contributed by atoms with E-state index in [1.807, 2.05) is 11.8 Å². The topological polar surface area (TPSA) is 27.0 Å². The minimum atomic E-state index is 0.380. The molecule has 0 spiro atoms. The highest BCUT2D eigenvalue weighted by Crippen LogP contribution is 2.25. The SMILES string of the molecule is CC(C)(C)CCN(CC#N)C1CSC1. The molecular formula is C11H20N2S. The van der Waals surface area contributed by atoms with Crippen molar-refractivity contribution in [2.24, 2.45) is 5.41 Å². The van der Waals surface area contributed by atoms with E-state index in [9.17, 15) is 0 Å². The minimum Gasteiger partial charge on any atom is -0.286 e. The molecule has 1 heterocycles. The number of hydrogen-bond acceptors (Lipinski definition) is 3. The van der Waals surface area contributed by atoms with Gasteiger partial charge in [-0.2, -0.15) is 17.0 Å². The lowest BCUT2D eigenvalue weighted by molar-refractivity contribution is 0.208. The first kappa shape index (κ1) is 11.9. The highest BCUT2D eigenvalue weighted by Gasteiger charge is 2.26. The summed E-state index contributed by atoms with van der Waals surface area (Å²) in [4.78, 5) is 2.34. The molecule has 0 aromatic rings. The Balaban J connectivity index is 2.32. The second-order valence-electron chi connectivity index (χ2n) is 5.13. The number of nitriles is 1. The second kappa shape index (κ2) is 5.04. The highest BCUT2D eigenvalue weighted by molar-refractivity contribution is 8.00. The molecule has 0 aromatic carbocycles. The van der Waals surface area contributed by atoms with Crippen LogP contribution in [0.3, 0.4) is 0 Å². The lowest BCUT2D eigenvalue weighted by atomic mass is 9.92. The molecule has 0 N–H and O–H groups in total. The zero-order valence-electron chi connectivity index (χ0n) is 9.42. The van der Waals surface area contributed by atoms with E-state index >= 15 is 0 Å². The maximum Gasteiger partial charge on any atom is 0.0868 e. The van der Waals surface area contributed by atoms with Crippen molar-refractivity contribution in [3.05, 3.63) is 0 Å². The largest absolute Gasteiger partial charge is 0.286 e. The monoisotopic (exact) mass is 212 g/mol. The van der Waals surface area contributed by atoms with Crippen molar-refractivity contribution in [3.8, 4) is 6.07 Å². The lowest BCUT2D eigenvalue weighted by Crippen LogP contribution is -2.45. The third kappa shape index (κ3) is 3.89. The molecule has 1 saturated heterocycles. The van der Waals surface area contributed by atoms with Gasteiger partial charge in [0.25, 0.3) is 0 Å². The molecular weight excluding hydrogens is 192 g/mol. The Hall–Kier alpha value is -0.200. The van der Waals surface area contributed by atoms with Crippen LogP contribution in [0.4, 0.5) is 0 Å². The summed E-state index contributed by atoms with van der Waals surface area (Å²) in [6.45, 7) is 8.44. The molecule has 3 heteroatoms. The van der Waals surface area contributed by atoms with Crippen molar-refractivity contribution in [3.63, 3.8) is 0 Å². The molecule has 14 heavy (non-hydrogen) atoms. The van der Waals surface area contributed by atoms with Crippen LogP contribution in [0.25, 0.3) is 0 Å². The first-order chi connectivity index (χ1) is 6.53. The molecule has 0 unspecified atom stereocenters. The van der Waals surface area contributed by atoms with Gasteiger partial charge in [0.15, 0.2) is 0 Å². The van der Waals surface area contributed by atoms with Crippen LogP contribution >= 0.6 is 11.8 Å². The van der Waals surface area contributed by atoms with E-state index in [1.165, 1.54) is 17.9 Å². The van der Waals surface area contributed by atoms with Crippen LogP contribution in [0.1, 0.15) is 27.2 Å². The van der Waals surface area contributed by atoms with Crippen molar-refractivity contribution in [2.45, 2.75) is 33.2 Å². The quantitative estimate of drug-likeness (QED) is 0.669. The van der Waals surface area contributed by atoms with E-state index < -0.39 is 0 Å². The molecule has 0 atom stereocenters. The van der Waals surface area contributed by atoms with Crippen LogP contribution in [0.2, 0.25) is 0 Å². The van der Waals surface area contributed by atoms with Crippen LogP contribution in [0, 0.1) is 16.7 Å². The maximum absolute atomic E-state index is 8.74.